The van der Waals surface area contributed by atoms with Crippen molar-refractivity contribution in [2.75, 3.05) is 6.73 Å². The van der Waals surface area contributed by atoms with Gasteiger partial charge >= 0.3 is 12.1 Å². The standard InChI is InChI=1S/C19H13Cl2F3N2O3/c1-11-7-12(4-5-13(11)19(22,23)24)16-18(21,9-25)15(20)8-26(16)10-29-17(27)14-3-2-6-28-14/h2-8,16H,10H2,1H3. The summed E-state index contributed by atoms with van der Waals surface area (Å²) < 4.78 is 49.3. The van der Waals surface area contributed by atoms with Gasteiger partial charge in [0.1, 0.15) is 0 Å². The molecular weight excluding hydrogens is 432 g/mol. The smallest absolute Gasteiger partial charge is 0.416 e. The Morgan fingerprint density at radius 2 is 2.14 bits per heavy atom. The SMILES string of the molecule is Cc1cc(C2N(COC(=O)c3ccco3)C=C(Cl)C2(Cl)C#N)ccc1C(F)(F)F. The summed E-state index contributed by atoms with van der Waals surface area (Å²) in [5.74, 6) is -0.787. The van der Waals surface area contributed by atoms with Gasteiger partial charge in [-0.3, -0.25) is 0 Å². The number of ether oxygens (including phenoxy) is 1. The van der Waals surface area contributed by atoms with Gasteiger partial charge < -0.3 is 14.1 Å². The van der Waals surface area contributed by atoms with E-state index < -0.39 is 28.6 Å². The Balaban J connectivity index is 1.91. The second-order valence-corrected chi connectivity index (χ2v) is 7.33. The van der Waals surface area contributed by atoms with Crippen LogP contribution in [0.25, 0.3) is 0 Å². The summed E-state index contributed by atoms with van der Waals surface area (Å²) in [4.78, 5) is 11.6. The number of esters is 1. The van der Waals surface area contributed by atoms with Crippen molar-refractivity contribution < 1.29 is 27.1 Å². The van der Waals surface area contributed by atoms with Crippen LogP contribution in [0.3, 0.4) is 0 Å². The van der Waals surface area contributed by atoms with E-state index in [2.05, 4.69) is 0 Å². The van der Waals surface area contributed by atoms with Gasteiger partial charge in [0, 0.05) is 6.20 Å². The first kappa shape index (κ1) is 21.1. The lowest BCUT2D eigenvalue weighted by Crippen LogP contribution is -2.35. The van der Waals surface area contributed by atoms with E-state index >= 15 is 0 Å². The fourth-order valence-corrected chi connectivity index (χ4v) is 3.67. The van der Waals surface area contributed by atoms with Crippen molar-refractivity contribution in [1.82, 2.24) is 4.90 Å². The Labute approximate surface area is 173 Å². The molecule has 0 fully saturated rings. The molecule has 0 N–H and O–H groups in total. The minimum absolute atomic E-state index is 0.0291. The Bertz CT molecular complexity index is 999. The number of benzene rings is 1. The molecule has 2 atom stereocenters. The Hall–Kier alpha value is -2.63. The summed E-state index contributed by atoms with van der Waals surface area (Å²) in [6.07, 6.45) is -1.89. The predicted octanol–water partition coefficient (Wildman–Crippen LogP) is 5.36. The van der Waals surface area contributed by atoms with Crippen molar-refractivity contribution in [2.24, 2.45) is 0 Å². The fraction of sp³-hybridized carbons (Fsp3) is 0.263. The van der Waals surface area contributed by atoms with E-state index in [1.54, 1.807) is 0 Å². The molecule has 0 aliphatic carbocycles. The van der Waals surface area contributed by atoms with Gasteiger partial charge in [-0.25, -0.2) is 4.79 Å². The van der Waals surface area contributed by atoms with E-state index in [0.29, 0.717) is 5.56 Å². The van der Waals surface area contributed by atoms with Gasteiger partial charge in [-0.2, -0.15) is 18.4 Å². The zero-order valence-electron chi connectivity index (χ0n) is 14.8. The molecule has 1 aliphatic rings. The minimum Gasteiger partial charge on any atom is -0.457 e. The highest BCUT2D eigenvalue weighted by Crippen LogP contribution is 2.49. The van der Waals surface area contributed by atoms with Gasteiger partial charge in [0.15, 0.2) is 11.6 Å². The van der Waals surface area contributed by atoms with Crippen molar-refractivity contribution in [3.8, 4) is 6.07 Å². The van der Waals surface area contributed by atoms with E-state index in [4.69, 9.17) is 32.4 Å². The molecule has 0 amide bonds. The summed E-state index contributed by atoms with van der Waals surface area (Å²) in [7, 11) is 0. The third-order valence-corrected chi connectivity index (χ3v) is 5.42. The summed E-state index contributed by atoms with van der Waals surface area (Å²) in [5.41, 5.74) is -0.526. The summed E-state index contributed by atoms with van der Waals surface area (Å²) in [5, 5.41) is 9.55. The number of carbonyl (C=O) groups excluding carboxylic acids is 1. The maximum absolute atomic E-state index is 13.1. The summed E-state index contributed by atoms with van der Waals surface area (Å²) >= 11 is 12.6. The van der Waals surface area contributed by atoms with E-state index in [1.165, 1.54) is 48.6 Å². The molecule has 0 radical (unpaired) electrons. The first-order valence-electron chi connectivity index (χ1n) is 8.20. The number of nitrogens with zero attached hydrogens (tertiary/aromatic N) is 2. The fourth-order valence-electron chi connectivity index (χ4n) is 3.09. The molecule has 0 saturated heterocycles. The minimum atomic E-state index is -4.51. The van der Waals surface area contributed by atoms with Crippen LogP contribution in [-0.2, 0) is 10.9 Å². The molecule has 10 heteroatoms. The highest BCUT2D eigenvalue weighted by Gasteiger charge is 2.50. The van der Waals surface area contributed by atoms with Crippen LogP contribution >= 0.6 is 23.2 Å². The van der Waals surface area contributed by atoms with Crippen LogP contribution in [0.2, 0.25) is 0 Å². The van der Waals surface area contributed by atoms with Crippen molar-refractivity contribution >= 4 is 29.2 Å². The number of halogens is 5. The third-order valence-electron chi connectivity index (χ3n) is 4.44. The van der Waals surface area contributed by atoms with Gasteiger partial charge in [0.2, 0.25) is 5.76 Å². The zero-order chi connectivity index (χ0) is 21.4. The molecule has 1 aromatic carbocycles. The number of hydrogen-bond acceptors (Lipinski definition) is 5. The van der Waals surface area contributed by atoms with E-state index in [1.807, 2.05) is 6.07 Å². The second kappa shape index (κ2) is 7.65. The molecule has 152 valence electrons. The van der Waals surface area contributed by atoms with Crippen LogP contribution in [0.4, 0.5) is 13.2 Å². The summed E-state index contributed by atoms with van der Waals surface area (Å²) in [6.45, 7) is 0.955. The Kier molecular flexibility index (Phi) is 5.57. The molecule has 1 aromatic heterocycles. The van der Waals surface area contributed by atoms with Crippen molar-refractivity contribution in [3.63, 3.8) is 0 Å². The molecule has 2 heterocycles. The molecule has 2 aromatic rings. The molecule has 5 nitrogen and oxygen atoms in total. The monoisotopic (exact) mass is 444 g/mol. The molecule has 2 unspecified atom stereocenters. The molecule has 1 aliphatic heterocycles. The Morgan fingerprint density at radius 3 is 2.69 bits per heavy atom. The maximum atomic E-state index is 13.1. The summed E-state index contributed by atoms with van der Waals surface area (Å²) in [6, 6.07) is 7.25. The van der Waals surface area contributed by atoms with E-state index in [9.17, 15) is 23.2 Å². The first-order valence-corrected chi connectivity index (χ1v) is 8.95. The van der Waals surface area contributed by atoms with Crippen LogP contribution in [0.1, 0.15) is 33.3 Å². The number of furan rings is 1. The number of alkyl halides is 4. The third kappa shape index (κ3) is 3.93. The molecule has 0 saturated carbocycles. The van der Waals surface area contributed by atoms with Crippen molar-refractivity contribution in [3.05, 3.63) is 70.3 Å². The van der Waals surface area contributed by atoms with E-state index in [0.717, 1.165) is 6.07 Å². The average molecular weight is 445 g/mol. The second-order valence-electron chi connectivity index (χ2n) is 6.33. The first-order chi connectivity index (χ1) is 13.6. The van der Waals surface area contributed by atoms with Gasteiger partial charge in [-0.15, -0.1) is 0 Å². The lowest BCUT2D eigenvalue weighted by Gasteiger charge is -2.31. The largest absolute Gasteiger partial charge is 0.457 e. The quantitative estimate of drug-likeness (QED) is 0.469. The number of nitriles is 1. The number of carbonyl (C=O) groups is 1. The molecule has 0 spiro atoms. The number of rotatable bonds is 4. The van der Waals surface area contributed by atoms with Crippen LogP contribution in [0.15, 0.2) is 52.2 Å². The zero-order valence-corrected chi connectivity index (χ0v) is 16.3. The normalized spacial score (nSPS) is 21.6. The predicted molar refractivity (Wildman–Crippen MR) is 97.9 cm³/mol. The lowest BCUT2D eigenvalue weighted by atomic mass is 9.92. The van der Waals surface area contributed by atoms with Crippen LogP contribution in [0, 0.1) is 18.3 Å². The van der Waals surface area contributed by atoms with Crippen LogP contribution in [-0.4, -0.2) is 22.5 Å². The Morgan fingerprint density at radius 1 is 1.41 bits per heavy atom. The molecular formula is C19H13Cl2F3N2O3. The maximum Gasteiger partial charge on any atom is 0.416 e. The number of hydrogen-bond donors (Lipinski definition) is 0. The van der Waals surface area contributed by atoms with E-state index in [-0.39, 0.29) is 23.1 Å². The highest BCUT2D eigenvalue weighted by molar-refractivity contribution is 6.41. The highest BCUT2D eigenvalue weighted by atomic mass is 35.5. The van der Waals surface area contributed by atoms with Crippen molar-refractivity contribution in [2.45, 2.75) is 24.0 Å². The molecule has 0 bridgehead atoms. The van der Waals surface area contributed by atoms with Crippen molar-refractivity contribution in [1.29, 1.82) is 5.26 Å². The topological polar surface area (TPSA) is 66.5 Å². The molecule has 3 rings (SSSR count). The van der Waals surface area contributed by atoms with Crippen LogP contribution in [0.5, 0.6) is 0 Å². The van der Waals surface area contributed by atoms with Gasteiger partial charge in [0.05, 0.1) is 29.0 Å². The number of aryl methyl sites for hydroxylation is 1. The van der Waals surface area contributed by atoms with Gasteiger partial charge in [-0.05, 0) is 36.2 Å². The molecule has 29 heavy (non-hydrogen) atoms. The van der Waals surface area contributed by atoms with Crippen LogP contribution < -0.4 is 0 Å². The lowest BCUT2D eigenvalue weighted by molar-refractivity contribution is -0.138. The van der Waals surface area contributed by atoms with Gasteiger partial charge in [0.25, 0.3) is 0 Å². The average Bonchev–Trinajstić information content (AvgIpc) is 3.26. The van der Waals surface area contributed by atoms with Gasteiger partial charge in [-0.1, -0.05) is 35.3 Å².